The third kappa shape index (κ3) is 2.85. The van der Waals surface area contributed by atoms with E-state index >= 15 is 0 Å². The molecule has 1 fully saturated rings. The van der Waals surface area contributed by atoms with E-state index in [4.69, 9.17) is 4.74 Å². The number of hydrogen-bond donors (Lipinski definition) is 1. The highest BCUT2D eigenvalue weighted by molar-refractivity contribution is 5.59. The minimum Gasteiger partial charge on any atom is -0.422 e. The van der Waals surface area contributed by atoms with Crippen molar-refractivity contribution in [3.8, 4) is 11.8 Å². The molecule has 1 N–H and O–H groups in total. The van der Waals surface area contributed by atoms with Crippen LogP contribution in [0, 0.1) is 5.82 Å². The van der Waals surface area contributed by atoms with E-state index < -0.39 is 5.82 Å². The first-order valence-electron chi connectivity index (χ1n) is 6.53. The maximum absolute atomic E-state index is 12.8. The average Bonchev–Trinajstić information content (AvgIpc) is 2.51. The van der Waals surface area contributed by atoms with Crippen LogP contribution in [-0.4, -0.2) is 36.1 Å². The monoisotopic (exact) mass is 274 g/mol. The first kappa shape index (κ1) is 12.8. The zero-order valence-electron chi connectivity index (χ0n) is 10.9. The number of ether oxygens (including phenoxy) is 1. The average molecular weight is 274 g/mol. The number of nitrogens with one attached hydrogen (secondary N) is 1. The standard InChI is InChI=1S/C14H15FN4O/c15-11-9-17-14(18-10-11)20-13-4-2-1-3-12(13)19-7-5-16-6-8-19/h1-4,9-10,16H,5-8H2. The first-order valence-corrected chi connectivity index (χ1v) is 6.53. The number of para-hydroxylation sites is 2. The van der Waals surface area contributed by atoms with Gasteiger partial charge in [-0.1, -0.05) is 12.1 Å². The van der Waals surface area contributed by atoms with Crippen molar-refractivity contribution >= 4 is 5.69 Å². The second-order valence-corrected chi connectivity index (χ2v) is 4.49. The minimum atomic E-state index is -0.479. The minimum absolute atomic E-state index is 0.147. The molecule has 1 aromatic carbocycles. The quantitative estimate of drug-likeness (QED) is 0.925. The van der Waals surface area contributed by atoms with Crippen molar-refractivity contribution in [2.24, 2.45) is 0 Å². The van der Waals surface area contributed by atoms with Crippen molar-refractivity contribution in [3.63, 3.8) is 0 Å². The molecular weight excluding hydrogens is 259 g/mol. The zero-order valence-corrected chi connectivity index (χ0v) is 10.9. The number of anilines is 1. The largest absolute Gasteiger partial charge is 0.422 e. The lowest BCUT2D eigenvalue weighted by Gasteiger charge is -2.30. The van der Waals surface area contributed by atoms with Crippen LogP contribution in [0.2, 0.25) is 0 Å². The van der Waals surface area contributed by atoms with Gasteiger partial charge < -0.3 is 15.0 Å². The smallest absolute Gasteiger partial charge is 0.322 e. The van der Waals surface area contributed by atoms with Crippen LogP contribution >= 0.6 is 0 Å². The van der Waals surface area contributed by atoms with Gasteiger partial charge in [0.2, 0.25) is 0 Å². The molecule has 1 aromatic heterocycles. The number of aromatic nitrogens is 2. The van der Waals surface area contributed by atoms with E-state index in [1.54, 1.807) is 0 Å². The summed E-state index contributed by atoms with van der Waals surface area (Å²) >= 11 is 0. The van der Waals surface area contributed by atoms with Gasteiger partial charge in [0.05, 0.1) is 18.1 Å². The van der Waals surface area contributed by atoms with Crippen LogP contribution in [0.15, 0.2) is 36.7 Å². The molecule has 2 heterocycles. The van der Waals surface area contributed by atoms with Gasteiger partial charge in [-0.3, -0.25) is 0 Å². The third-order valence-electron chi connectivity index (χ3n) is 3.12. The Hall–Kier alpha value is -2.21. The van der Waals surface area contributed by atoms with Gasteiger partial charge in [0, 0.05) is 26.2 Å². The highest BCUT2D eigenvalue weighted by Crippen LogP contribution is 2.30. The Kier molecular flexibility index (Phi) is 3.73. The Morgan fingerprint density at radius 2 is 1.80 bits per heavy atom. The highest BCUT2D eigenvalue weighted by Gasteiger charge is 2.15. The number of rotatable bonds is 3. The third-order valence-corrected chi connectivity index (χ3v) is 3.12. The molecule has 0 aliphatic carbocycles. The molecule has 104 valence electrons. The number of halogens is 1. The molecule has 2 aromatic rings. The van der Waals surface area contributed by atoms with Crippen molar-refractivity contribution in [1.82, 2.24) is 15.3 Å². The van der Waals surface area contributed by atoms with Crippen molar-refractivity contribution < 1.29 is 9.13 Å². The number of nitrogens with zero attached hydrogens (tertiary/aromatic N) is 3. The molecule has 0 bridgehead atoms. The molecule has 1 saturated heterocycles. The normalized spacial score (nSPS) is 15.2. The zero-order chi connectivity index (χ0) is 13.8. The van der Waals surface area contributed by atoms with Crippen LogP contribution in [-0.2, 0) is 0 Å². The lowest BCUT2D eigenvalue weighted by molar-refractivity contribution is 0.434. The fourth-order valence-electron chi connectivity index (χ4n) is 2.16. The van der Waals surface area contributed by atoms with Crippen molar-refractivity contribution in [2.75, 3.05) is 31.1 Å². The predicted molar refractivity (Wildman–Crippen MR) is 73.6 cm³/mol. The molecule has 0 amide bonds. The Morgan fingerprint density at radius 1 is 1.10 bits per heavy atom. The number of benzene rings is 1. The van der Waals surface area contributed by atoms with Crippen LogP contribution in [0.4, 0.5) is 10.1 Å². The molecule has 20 heavy (non-hydrogen) atoms. The Labute approximate surface area is 116 Å². The van der Waals surface area contributed by atoms with Gasteiger partial charge in [-0.15, -0.1) is 0 Å². The molecule has 0 unspecified atom stereocenters. The molecule has 5 nitrogen and oxygen atoms in total. The summed E-state index contributed by atoms with van der Waals surface area (Å²) in [4.78, 5) is 9.89. The first-order chi connectivity index (χ1) is 9.83. The van der Waals surface area contributed by atoms with Crippen LogP contribution < -0.4 is 15.0 Å². The maximum atomic E-state index is 12.8. The van der Waals surface area contributed by atoms with E-state index in [0.29, 0.717) is 5.75 Å². The van der Waals surface area contributed by atoms with Gasteiger partial charge in [0.25, 0.3) is 0 Å². The van der Waals surface area contributed by atoms with Crippen molar-refractivity contribution in [2.45, 2.75) is 0 Å². The van der Waals surface area contributed by atoms with Gasteiger partial charge >= 0.3 is 6.01 Å². The number of piperazine rings is 1. The van der Waals surface area contributed by atoms with Gasteiger partial charge in [0.1, 0.15) is 0 Å². The van der Waals surface area contributed by atoms with Gasteiger partial charge in [-0.05, 0) is 12.1 Å². The maximum Gasteiger partial charge on any atom is 0.322 e. The van der Waals surface area contributed by atoms with E-state index in [1.165, 1.54) is 0 Å². The summed E-state index contributed by atoms with van der Waals surface area (Å²) in [7, 11) is 0. The molecule has 6 heteroatoms. The van der Waals surface area contributed by atoms with E-state index in [9.17, 15) is 4.39 Å². The Balaban J connectivity index is 1.83. The highest BCUT2D eigenvalue weighted by atomic mass is 19.1. The molecule has 1 aliphatic rings. The fraction of sp³-hybridized carbons (Fsp3) is 0.286. The van der Waals surface area contributed by atoms with Crippen molar-refractivity contribution in [1.29, 1.82) is 0 Å². The van der Waals surface area contributed by atoms with Crippen LogP contribution in [0.1, 0.15) is 0 Å². The van der Waals surface area contributed by atoms with Crippen LogP contribution in [0.25, 0.3) is 0 Å². The van der Waals surface area contributed by atoms with E-state index in [-0.39, 0.29) is 6.01 Å². The lowest BCUT2D eigenvalue weighted by atomic mass is 10.2. The van der Waals surface area contributed by atoms with E-state index in [1.807, 2.05) is 24.3 Å². The van der Waals surface area contributed by atoms with E-state index in [2.05, 4.69) is 20.2 Å². The summed E-state index contributed by atoms with van der Waals surface area (Å²) in [5.74, 6) is 0.203. The van der Waals surface area contributed by atoms with E-state index in [0.717, 1.165) is 44.3 Å². The number of hydrogen-bond acceptors (Lipinski definition) is 5. The Bertz CT molecular complexity index is 570. The second kappa shape index (κ2) is 5.83. The SMILES string of the molecule is Fc1cnc(Oc2ccccc2N2CCNCC2)nc1. The van der Waals surface area contributed by atoms with Gasteiger partial charge in [-0.25, -0.2) is 14.4 Å². The molecular formula is C14H15FN4O. The summed E-state index contributed by atoms with van der Waals surface area (Å²) in [5.41, 5.74) is 1.00. The molecule has 0 saturated carbocycles. The van der Waals surface area contributed by atoms with Crippen LogP contribution in [0.5, 0.6) is 11.8 Å². The van der Waals surface area contributed by atoms with Crippen LogP contribution in [0.3, 0.4) is 0 Å². The second-order valence-electron chi connectivity index (χ2n) is 4.49. The summed E-state index contributed by atoms with van der Waals surface area (Å²) in [6, 6.07) is 7.88. The van der Waals surface area contributed by atoms with Gasteiger partial charge in [-0.2, -0.15) is 0 Å². The summed E-state index contributed by atoms with van der Waals surface area (Å²) < 4.78 is 18.5. The molecule has 3 rings (SSSR count). The molecule has 0 spiro atoms. The lowest BCUT2D eigenvalue weighted by Crippen LogP contribution is -2.43. The summed E-state index contributed by atoms with van der Waals surface area (Å²) in [6.45, 7) is 3.73. The molecule has 0 radical (unpaired) electrons. The molecule has 1 aliphatic heterocycles. The van der Waals surface area contributed by atoms with Gasteiger partial charge in [0.15, 0.2) is 11.6 Å². The fourth-order valence-corrected chi connectivity index (χ4v) is 2.16. The summed E-state index contributed by atoms with van der Waals surface area (Å²) in [6.07, 6.45) is 2.19. The predicted octanol–water partition coefficient (Wildman–Crippen LogP) is 1.82. The van der Waals surface area contributed by atoms with Crippen molar-refractivity contribution in [3.05, 3.63) is 42.5 Å². The summed E-state index contributed by atoms with van der Waals surface area (Å²) in [5, 5.41) is 3.31. The molecule has 0 atom stereocenters. The Morgan fingerprint density at radius 3 is 2.55 bits per heavy atom. The topological polar surface area (TPSA) is 50.3 Å².